The van der Waals surface area contributed by atoms with E-state index in [1.807, 2.05) is 6.07 Å². The van der Waals surface area contributed by atoms with Gasteiger partial charge in [-0.05, 0) is 64.7 Å². The van der Waals surface area contributed by atoms with Crippen LogP contribution in [0.2, 0.25) is 0 Å². The highest BCUT2D eigenvalue weighted by Crippen LogP contribution is 2.34. The average molecular weight is 375 g/mol. The molecule has 0 spiro atoms. The zero-order valence-corrected chi connectivity index (χ0v) is 13.6. The van der Waals surface area contributed by atoms with Crippen LogP contribution in [0.4, 0.5) is 0 Å². The van der Waals surface area contributed by atoms with Crippen molar-refractivity contribution in [1.82, 2.24) is 0 Å². The van der Waals surface area contributed by atoms with E-state index in [4.69, 9.17) is 5.73 Å². The van der Waals surface area contributed by atoms with E-state index in [2.05, 4.69) is 63.9 Å². The summed E-state index contributed by atoms with van der Waals surface area (Å²) in [6.45, 7) is 4.20. The number of hydrogen-bond acceptors (Lipinski definition) is 2. The van der Waals surface area contributed by atoms with Crippen molar-refractivity contribution >= 4 is 43.2 Å². The zero-order chi connectivity index (χ0) is 12.6. The minimum Gasteiger partial charge on any atom is -0.320 e. The van der Waals surface area contributed by atoms with Gasteiger partial charge in [0.15, 0.2) is 0 Å². The Bertz CT molecular complexity index is 548. The molecule has 0 bridgehead atoms. The zero-order valence-electron chi connectivity index (χ0n) is 9.63. The van der Waals surface area contributed by atoms with Crippen molar-refractivity contribution in [2.24, 2.45) is 5.73 Å². The van der Waals surface area contributed by atoms with E-state index in [0.717, 1.165) is 8.26 Å². The molecule has 1 heterocycles. The quantitative estimate of drug-likeness (QED) is 0.791. The molecule has 1 unspecified atom stereocenters. The Morgan fingerprint density at radius 1 is 1.12 bits per heavy atom. The van der Waals surface area contributed by atoms with Crippen LogP contribution in [0.1, 0.15) is 27.6 Å². The van der Waals surface area contributed by atoms with Crippen molar-refractivity contribution in [2.45, 2.75) is 19.9 Å². The van der Waals surface area contributed by atoms with E-state index >= 15 is 0 Å². The summed E-state index contributed by atoms with van der Waals surface area (Å²) in [6.07, 6.45) is 0. The second-order valence-electron chi connectivity index (χ2n) is 4.04. The molecule has 0 saturated heterocycles. The number of nitrogens with two attached hydrogens (primary N) is 1. The summed E-state index contributed by atoms with van der Waals surface area (Å²) in [5.41, 5.74) is 9.96. The van der Waals surface area contributed by atoms with Crippen LogP contribution in [-0.2, 0) is 0 Å². The molecule has 1 atom stereocenters. The van der Waals surface area contributed by atoms with Crippen LogP contribution in [0.5, 0.6) is 0 Å². The highest BCUT2D eigenvalue weighted by molar-refractivity contribution is 9.11. The maximum absolute atomic E-state index is 6.37. The van der Waals surface area contributed by atoms with Crippen LogP contribution in [0, 0.1) is 13.8 Å². The summed E-state index contributed by atoms with van der Waals surface area (Å²) in [6, 6.07) is 8.30. The first-order chi connectivity index (χ1) is 7.99. The Morgan fingerprint density at radius 3 is 2.41 bits per heavy atom. The highest BCUT2D eigenvalue weighted by Gasteiger charge is 2.16. The van der Waals surface area contributed by atoms with Gasteiger partial charge in [-0.3, -0.25) is 0 Å². The topological polar surface area (TPSA) is 26.0 Å². The first-order valence-electron chi connectivity index (χ1n) is 5.26. The Labute approximate surface area is 122 Å². The van der Waals surface area contributed by atoms with E-state index < -0.39 is 0 Å². The van der Waals surface area contributed by atoms with Crippen molar-refractivity contribution in [3.63, 3.8) is 0 Å². The SMILES string of the molecule is Cc1ccc(Br)cc1C(N)c1cc(Br)sc1C. The van der Waals surface area contributed by atoms with Crippen molar-refractivity contribution < 1.29 is 0 Å². The molecule has 1 aromatic heterocycles. The first-order valence-corrected chi connectivity index (χ1v) is 7.66. The first kappa shape index (κ1) is 13.3. The third-order valence-electron chi connectivity index (χ3n) is 2.84. The Hall–Kier alpha value is -0.160. The van der Waals surface area contributed by atoms with Crippen molar-refractivity contribution in [2.75, 3.05) is 0 Å². The van der Waals surface area contributed by atoms with Gasteiger partial charge in [-0.2, -0.15) is 0 Å². The van der Waals surface area contributed by atoms with Gasteiger partial charge >= 0.3 is 0 Å². The van der Waals surface area contributed by atoms with Crippen LogP contribution >= 0.6 is 43.2 Å². The molecule has 2 aromatic rings. The second kappa shape index (κ2) is 5.22. The fraction of sp³-hybridized carbons (Fsp3) is 0.231. The molecule has 1 nitrogen and oxygen atoms in total. The predicted octanol–water partition coefficient (Wildman–Crippen LogP) is 4.94. The van der Waals surface area contributed by atoms with Crippen LogP contribution in [-0.4, -0.2) is 0 Å². The fourth-order valence-electron chi connectivity index (χ4n) is 1.88. The molecular formula is C13H13Br2NS. The maximum Gasteiger partial charge on any atom is 0.0704 e. The largest absolute Gasteiger partial charge is 0.320 e. The normalized spacial score (nSPS) is 12.8. The van der Waals surface area contributed by atoms with E-state index in [1.54, 1.807) is 11.3 Å². The van der Waals surface area contributed by atoms with Crippen LogP contribution < -0.4 is 5.73 Å². The fourth-order valence-corrected chi connectivity index (χ4v) is 4.02. The lowest BCUT2D eigenvalue weighted by Crippen LogP contribution is -2.13. The molecule has 0 aliphatic rings. The second-order valence-corrected chi connectivity index (χ2v) is 7.59. The molecule has 0 radical (unpaired) electrons. The van der Waals surface area contributed by atoms with Gasteiger partial charge in [-0.15, -0.1) is 11.3 Å². The lowest BCUT2D eigenvalue weighted by Gasteiger charge is -2.15. The van der Waals surface area contributed by atoms with Gasteiger partial charge in [-0.1, -0.05) is 22.0 Å². The summed E-state index contributed by atoms with van der Waals surface area (Å²) < 4.78 is 2.20. The summed E-state index contributed by atoms with van der Waals surface area (Å²) >= 11 is 8.74. The lowest BCUT2D eigenvalue weighted by atomic mass is 9.96. The van der Waals surface area contributed by atoms with Gasteiger partial charge in [0.1, 0.15) is 0 Å². The minimum absolute atomic E-state index is 0.0601. The molecule has 2 N–H and O–H groups in total. The van der Waals surface area contributed by atoms with E-state index in [1.165, 1.54) is 21.6 Å². The third-order valence-corrected chi connectivity index (χ3v) is 4.90. The standard InChI is InChI=1S/C13H13Br2NS/c1-7-3-4-9(14)5-10(7)13(16)11-6-12(15)17-8(11)2/h3-6,13H,16H2,1-2H3. The molecule has 1 aromatic carbocycles. The number of halogens is 2. The lowest BCUT2D eigenvalue weighted by molar-refractivity contribution is 0.858. The molecule has 17 heavy (non-hydrogen) atoms. The van der Waals surface area contributed by atoms with Crippen LogP contribution in [0.3, 0.4) is 0 Å². The van der Waals surface area contributed by atoms with Gasteiger partial charge in [0.05, 0.1) is 9.83 Å². The molecule has 0 saturated carbocycles. The summed E-state index contributed by atoms with van der Waals surface area (Å²) in [5, 5.41) is 0. The Balaban J connectivity index is 2.46. The van der Waals surface area contributed by atoms with Gasteiger partial charge in [0, 0.05) is 9.35 Å². The number of hydrogen-bond donors (Lipinski definition) is 1. The maximum atomic E-state index is 6.37. The van der Waals surface area contributed by atoms with Crippen molar-refractivity contribution in [3.8, 4) is 0 Å². The number of benzene rings is 1. The Morgan fingerprint density at radius 2 is 1.82 bits per heavy atom. The van der Waals surface area contributed by atoms with E-state index in [0.29, 0.717) is 0 Å². The van der Waals surface area contributed by atoms with Crippen molar-refractivity contribution in [1.29, 1.82) is 0 Å². The molecular weight excluding hydrogens is 362 g/mol. The van der Waals surface area contributed by atoms with Crippen LogP contribution in [0.15, 0.2) is 32.5 Å². The van der Waals surface area contributed by atoms with Gasteiger partial charge in [-0.25, -0.2) is 0 Å². The van der Waals surface area contributed by atoms with Crippen LogP contribution in [0.25, 0.3) is 0 Å². The average Bonchev–Trinajstić information content (AvgIpc) is 2.60. The summed E-state index contributed by atoms with van der Waals surface area (Å²) in [4.78, 5) is 1.27. The van der Waals surface area contributed by atoms with Gasteiger partial charge in [0.25, 0.3) is 0 Å². The predicted molar refractivity (Wildman–Crippen MR) is 81.7 cm³/mol. The molecule has 0 amide bonds. The Kier molecular flexibility index (Phi) is 4.08. The molecule has 4 heteroatoms. The van der Waals surface area contributed by atoms with Crippen molar-refractivity contribution in [3.05, 3.63) is 54.1 Å². The number of thiophene rings is 1. The number of aryl methyl sites for hydroxylation is 2. The highest BCUT2D eigenvalue weighted by atomic mass is 79.9. The van der Waals surface area contributed by atoms with Gasteiger partial charge in [0.2, 0.25) is 0 Å². The third kappa shape index (κ3) is 2.81. The van der Waals surface area contributed by atoms with E-state index in [9.17, 15) is 0 Å². The number of rotatable bonds is 2. The smallest absolute Gasteiger partial charge is 0.0704 e. The molecule has 0 fully saturated rings. The van der Waals surface area contributed by atoms with Gasteiger partial charge < -0.3 is 5.73 Å². The molecule has 0 aliphatic carbocycles. The molecule has 90 valence electrons. The summed E-state index contributed by atoms with van der Waals surface area (Å²) in [7, 11) is 0. The molecule has 2 rings (SSSR count). The monoisotopic (exact) mass is 373 g/mol. The van der Waals surface area contributed by atoms with E-state index in [-0.39, 0.29) is 6.04 Å². The minimum atomic E-state index is -0.0601. The molecule has 0 aliphatic heterocycles. The summed E-state index contributed by atoms with van der Waals surface area (Å²) in [5.74, 6) is 0.